The molecule has 1 N–H and O–H groups in total. The van der Waals surface area contributed by atoms with E-state index in [1.165, 1.54) is 25.8 Å². The molecule has 1 atom stereocenters. The van der Waals surface area contributed by atoms with Gasteiger partial charge in [0.15, 0.2) is 0 Å². The van der Waals surface area contributed by atoms with Gasteiger partial charge in [0.2, 0.25) is 0 Å². The van der Waals surface area contributed by atoms with E-state index >= 15 is 0 Å². The standard InChI is InChI=1S/C14H28N2O2/c1-14(2)5-4-13(18-14)12-16-7-3-6-15(8-9-16)10-11-17/h13,17H,3-12H2,1-2H3. The molecule has 4 nitrogen and oxygen atoms in total. The van der Waals surface area contributed by atoms with E-state index in [0.717, 1.165) is 32.7 Å². The SMILES string of the molecule is CC1(C)CCC(CN2CCCN(CCO)CC2)O1. The molecule has 0 bridgehead atoms. The van der Waals surface area contributed by atoms with Gasteiger partial charge in [-0.2, -0.15) is 0 Å². The van der Waals surface area contributed by atoms with Crippen molar-refractivity contribution >= 4 is 0 Å². The second-order valence-corrected chi connectivity index (χ2v) is 6.26. The fraction of sp³-hybridized carbons (Fsp3) is 1.00. The highest BCUT2D eigenvalue weighted by atomic mass is 16.5. The lowest BCUT2D eigenvalue weighted by Crippen LogP contribution is -2.37. The molecular formula is C14H28N2O2. The minimum atomic E-state index is 0.0828. The first-order valence-electron chi connectivity index (χ1n) is 7.32. The van der Waals surface area contributed by atoms with Crippen LogP contribution in [-0.2, 0) is 4.74 Å². The van der Waals surface area contributed by atoms with Crippen molar-refractivity contribution in [3.8, 4) is 0 Å². The number of ether oxygens (including phenoxy) is 1. The first kappa shape index (κ1) is 14.3. The van der Waals surface area contributed by atoms with Crippen LogP contribution in [0.4, 0.5) is 0 Å². The van der Waals surface area contributed by atoms with Gasteiger partial charge >= 0.3 is 0 Å². The molecule has 0 saturated carbocycles. The molecule has 2 aliphatic rings. The smallest absolute Gasteiger partial charge is 0.0710 e. The first-order valence-corrected chi connectivity index (χ1v) is 7.32. The molecule has 0 radical (unpaired) electrons. The van der Waals surface area contributed by atoms with Crippen LogP contribution in [0, 0.1) is 0 Å². The highest BCUT2D eigenvalue weighted by Gasteiger charge is 2.32. The first-order chi connectivity index (χ1) is 8.59. The normalized spacial score (nSPS) is 30.5. The van der Waals surface area contributed by atoms with Gasteiger partial charge in [-0.25, -0.2) is 0 Å². The summed E-state index contributed by atoms with van der Waals surface area (Å²) in [6.45, 7) is 11.0. The number of hydrogen-bond acceptors (Lipinski definition) is 4. The van der Waals surface area contributed by atoms with E-state index in [2.05, 4.69) is 23.6 Å². The molecule has 2 aliphatic heterocycles. The lowest BCUT2D eigenvalue weighted by atomic mass is 10.1. The van der Waals surface area contributed by atoms with E-state index in [9.17, 15) is 0 Å². The number of hydrogen-bond donors (Lipinski definition) is 1. The molecule has 106 valence electrons. The largest absolute Gasteiger partial charge is 0.395 e. The summed E-state index contributed by atoms with van der Waals surface area (Å²) < 4.78 is 6.07. The average molecular weight is 256 g/mol. The molecule has 2 fully saturated rings. The van der Waals surface area contributed by atoms with E-state index in [-0.39, 0.29) is 12.2 Å². The van der Waals surface area contributed by atoms with Crippen LogP contribution in [0.1, 0.15) is 33.1 Å². The average Bonchev–Trinajstić information content (AvgIpc) is 2.51. The van der Waals surface area contributed by atoms with Crippen molar-refractivity contribution in [2.75, 3.05) is 45.9 Å². The zero-order valence-electron chi connectivity index (χ0n) is 11.9. The van der Waals surface area contributed by atoms with Crippen molar-refractivity contribution in [2.45, 2.75) is 44.8 Å². The van der Waals surface area contributed by atoms with Gasteiger partial charge < -0.3 is 9.84 Å². The molecule has 2 rings (SSSR count). The lowest BCUT2D eigenvalue weighted by molar-refractivity contribution is -0.0282. The Labute approximate surface area is 111 Å². The quantitative estimate of drug-likeness (QED) is 0.812. The van der Waals surface area contributed by atoms with Gasteiger partial charge in [-0.1, -0.05) is 0 Å². The molecule has 0 aromatic heterocycles. The van der Waals surface area contributed by atoms with Gasteiger partial charge in [0.25, 0.3) is 0 Å². The van der Waals surface area contributed by atoms with Crippen LogP contribution in [-0.4, -0.2) is 72.5 Å². The summed E-state index contributed by atoms with van der Waals surface area (Å²) in [6.07, 6.45) is 4.01. The second kappa shape index (κ2) is 6.33. The zero-order chi connectivity index (χ0) is 13.0. The molecule has 2 saturated heterocycles. The number of rotatable bonds is 4. The predicted octanol–water partition coefficient (Wildman–Crippen LogP) is 0.944. The van der Waals surface area contributed by atoms with Crippen molar-refractivity contribution in [3.05, 3.63) is 0 Å². The van der Waals surface area contributed by atoms with Gasteiger partial charge in [0.1, 0.15) is 0 Å². The fourth-order valence-electron chi connectivity index (χ4n) is 3.07. The van der Waals surface area contributed by atoms with Crippen molar-refractivity contribution in [1.82, 2.24) is 9.80 Å². The third kappa shape index (κ3) is 4.19. The van der Waals surface area contributed by atoms with Crippen LogP contribution < -0.4 is 0 Å². The summed E-state index contributed by atoms with van der Waals surface area (Å²) in [6, 6.07) is 0. The Balaban J connectivity index is 1.74. The van der Waals surface area contributed by atoms with Gasteiger partial charge in [0.05, 0.1) is 18.3 Å². The maximum Gasteiger partial charge on any atom is 0.0710 e. The molecule has 4 heteroatoms. The summed E-state index contributed by atoms with van der Waals surface area (Å²) in [7, 11) is 0. The zero-order valence-corrected chi connectivity index (χ0v) is 11.9. The van der Waals surface area contributed by atoms with Gasteiger partial charge in [-0.05, 0) is 46.2 Å². The molecule has 0 amide bonds. The molecule has 18 heavy (non-hydrogen) atoms. The lowest BCUT2D eigenvalue weighted by Gasteiger charge is -2.26. The monoisotopic (exact) mass is 256 g/mol. The minimum Gasteiger partial charge on any atom is -0.395 e. The summed E-state index contributed by atoms with van der Waals surface area (Å²) in [5.74, 6) is 0. The van der Waals surface area contributed by atoms with E-state index in [1.807, 2.05) is 0 Å². The van der Waals surface area contributed by atoms with Crippen molar-refractivity contribution < 1.29 is 9.84 Å². The topological polar surface area (TPSA) is 35.9 Å². The highest BCUT2D eigenvalue weighted by Crippen LogP contribution is 2.29. The Kier molecular flexibility index (Phi) is 5.01. The summed E-state index contributed by atoms with van der Waals surface area (Å²) in [5.41, 5.74) is 0.0828. The van der Waals surface area contributed by atoms with Crippen LogP contribution in [0.5, 0.6) is 0 Å². The number of aliphatic hydroxyl groups is 1. The summed E-state index contributed by atoms with van der Waals surface area (Å²) in [5, 5.41) is 8.99. The Morgan fingerprint density at radius 2 is 1.89 bits per heavy atom. The molecule has 0 spiro atoms. The number of nitrogens with zero attached hydrogens (tertiary/aromatic N) is 2. The predicted molar refractivity (Wildman–Crippen MR) is 72.8 cm³/mol. The Bertz CT molecular complexity index is 258. The van der Waals surface area contributed by atoms with E-state index in [0.29, 0.717) is 6.10 Å². The number of β-amino-alcohol motifs (C(OH)–C–C–N with tert-alkyl or cyclic N) is 1. The van der Waals surface area contributed by atoms with Crippen LogP contribution in [0.25, 0.3) is 0 Å². The Hall–Kier alpha value is -0.160. The Morgan fingerprint density at radius 1 is 1.17 bits per heavy atom. The third-order valence-electron chi connectivity index (χ3n) is 4.11. The van der Waals surface area contributed by atoms with Gasteiger partial charge in [-0.15, -0.1) is 0 Å². The van der Waals surface area contributed by atoms with Crippen LogP contribution in [0.15, 0.2) is 0 Å². The molecule has 2 heterocycles. The molecule has 1 unspecified atom stereocenters. The molecule has 0 aliphatic carbocycles. The van der Waals surface area contributed by atoms with Crippen LogP contribution in [0.3, 0.4) is 0 Å². The van der Waals surface area contributed by atoms with Crippen molar-refractivity contribution in [2.24, 2.45) is 0 Å². The fourth-order valence-corrected chi connectivity index (χ4v) is 3.07. The minimum absolute atomic E-state index is 0.0828. The van der Waals surface area contributed by atoms with Gasteiger partial charge in [-0.3, -0.25) is 9.80 Å². The van der Waals surface area contributed by atoms with E-state index in [1.54, 1.807) is 0 Å². The van der Waals surface area contributed by atoms with Crippen molar-refractivity contribution in [1.29, 1.82) is 0 Å². The Morgan fingerprint density at radius 3 is 2.56 bits per heavy atom. The maximum absolute atomic E-state index is 8.99. The van der Waals surface area contributed by atoms with Gasteiger partial charge in [0, 0.05) is 26.2 Å². The summed E-state index contributed by atoms with van der Waals surface area (Å²) in [4.78, 5) is 4.89. The maximum atomic E-state index is 8.99. The van der Waals surface area contributed by atoms with Crippen LogP contribution in [0.2, 0.25) is 0 Å². The highest BCUT2D eigenvalue weighted by molar-refractivity contribution is 4.83. The van der Waals surface area contributed by atoms with Crippen LogP contribution >= 0.6 is 0 Å². The third-order valence-corrected chi connectivity index (χ3v) is 4.11. The molecule has 0 aromatic rings. The summed E-state index contributed by atoms with van der Waals surface area (Å²) >= 11 is 0. The second-order valence-electron chi connectivity index (χ2n) is 6.26. The van der Waals surface area contributed by atoms with E-state index < -0.39 is 0 Å². The molecular weight excluding hydrogens is 228 g/mol. The number of aliphatic hydroxyl groups excluding tert-OH is 1. The molecule has 0 aromatic carbocycles. The van der Waals surface area contributed by atoms with Crippen molar-refractivity contribution in [3.63, 3.8) is 0 Å². The van der Waals surface area contributed by atoms with E-state index in [4.69, 9.17) is 9.84 Å².